The highest BCUT2D eigenvalue weighted by Gasteiger charge is 2.37. The standard InChI is InChI=1S/C32H40N2O2Si.C13H13B/c1-3-5-10-24-35-29-18-14-27(15-19-29)32(34-23-22-33-26-34,37-31-12-8-7-9-13-31)28-16-20-30(21-17-28)36-25-11-6-4-2;14-13(11-7-3-1-4-8-11)12-9-5-2-6-10-12/h7-9,12-23,26H,3-6,10-11,24-25,37H2,1-2H3;1-10,13H,14H2. The highest BCUT2D eigenvalue weighted by molar-refractivity contribution is 6.57. The van der Waals surface area contributed by atoms with Crippen LogP contribution in [-0.4, -0.2) is 40.1 Å². The number of unbranched alkanes of at least 4 members (excludes halogenated alkanes) is 4. The summed E-state index contributed by atoms with van der Waals surface area (Å²) in [5.74, 6) is 2.34. The molecular formula is C45H53BN2O2Si. The van der Waals surface area contributed by atoms with Crippen molar-refractivity contribution in [1.29, 1.82) is 0 Å². The lowest BCUT2D eigenvalue weighted by atomic mass is 9.76. The number of aromatic nitrogens is 2. The van der Waals surface area contributed by atoms with Gasteiger partial charge >= 0.3 is 0 Å². The Morgan fingerprint density at radius 1 is 0.608 bits per heavy atom. The molecule has 6 heteroatoms. The van der Waals surface area contributed by atoms with Gasteiger partial charge in [-0.2, -0.15) is 0 Å². The molecular weight excluding hydrogens is 639 g/mol. The van der Waals surface area contributed by atoms with Gasteiger partial charge in [0.2, 0.25) is 0 Å². The molecule has 0 aliphatic heterocycles. The summed E-state index contributed by atoms with van der Waals surface area (Å²) in [5, 5.41) is 1.07. The summed E-state index contributed by atoms with van der Waals surface area (Å²) in [6, 6.07) is 49.5. The second kappa shape index (κ2) is 20.1. The van der Waals surface area contributed by atoms with Gasteiger partial charge in [-0.15, -0.1) is 0 Å². The number of rotatable bonds is 17. The fourth-order valence-electron chi connectivity index (χ4n) is 6.55. The molecule has 1 heterocycles. The third-order valence-electron chi connectivity index (χ3n) is 9.54. The normalized spacial score (nSPS) is 11.4. The molecule has 6 aromatic rings. The first-order valence-corrected chi connectivity index (χ1v) is 20.1. The average molecular weight is 693 g/mol. The zero-order valence-electron chi connectivity index (χ0n) is 30.7. The molecule has 1 aromatic heterocycles. The number of nitrogens with zero attached hydrogens (tertiary/aromatic N) is 2. The van der Waals surface area contributed by atoms with Gasteiger partial charge in [0.05, 0.1) is 34.2 Å². The second-order valence-corrected chi connectivity index (χ2v) is 15.4. The maximum absolute atomic E-state index is 6.04. The number of benzene rings is 5. The van der Waals surface area contributed by atoms with Crippen LogP contribution in [0, 0.1) is 0 Å². The maximum atomic E-state index is 6.04. The molecule has 0 atom stereocenters. The minimum atomic E-state index is -0.899. The molecule has 0 aliphatic rings. The number of hydrogen-bond acceptors (Lipinski definition) is 3. The molecule has 0 amide bonds. The molecule has 0 aliphatic carbocycles. The van der Waals surface area contributed by atoms with E-state index in [-0.39, 0.29) is 5.16 Å². The Bertz CT molecular complexity index is 1690. The van der Waals surface area contributed by atoms with Crippen molar-refractivity contribution in [3.8, 4) is 11.5 Å². The van der Waals surface area contributed by atoms with Gasteiger partial charge in [0.1, 0.15) is 19.3 Å². The minimum Gasteiger partial charge on any atom is -0.494 e. The third-order valence-corrected chi connectivity index (χ3v) is 12.1. The van der Waals surface area contributed by atoms with Crippen LogP contribution in [-0.2, 0) is 5.16 Å². The number of ether oxygens (including phenoxy) is 2. The number of hydrogen-bond donors (Lipinski definition) is 0. The highest BCUT2D eigenvalue weighted by atomic mass is 28.2. The van der Waals surface area contributed by atoms with E-state index in [2.05, 4.69) is 177 Å². The quantitative estimate of drug-likeness (QED) is 0.0710. The molecule has 262 valence electrons. The molecule has 0 radical (unpaired) electrons. The first-order chi connectivity index (χ1) is 25.1. The molecule has 4 nitrogen and oxygen atoms in total. The monoisotopic (exact) mass is 692 g/mol. The Morgan fingerprint density at radius 2 is 1.06 bits per heavy atom. The summed E-state index contributed by atoms with van der Waals surface area (Å²) in [4.78, 5) is 4.47. The minimum absolute atomic E-state index is 0.334. The molecule has 5 aromatic carbocycles. The van der Waals surface area contributed by atoms with Crippen LogP contribution in [0.4, 0.5) is 0 Å². The molecule has 51 heavy (non-hydrogen) atoms. The van der Waals surface area contributed by atoms with E-state index >= 15 is 0 Å². The molecule has 6 rings (SSSR count). The van der Waals surface area contributed by atoms with Gasteiger partial charge in [0.25, 0.3) is 0 Å². The van der Waals surface area contributed by atoms with Crippen molar-refractivity contribution in [2.45, 2.75) is 63.4 Å². The topological polar surface area (TPSA) is 36.3 Å². The Morgan fingerprint density at radius 3 is 1.47 bits per heavy atom. The summed E-state index contributed by atoms with van der Waals surface area (Å²) >= 11 is 0. The van der Waals surface area contributed by atoms with Crippen LogP contribution in [0.5, 0.6) is 11.5 Å². The van der Waals surface area contributed by atoms with E-state index in [0.717, 1.165) is 37.6 Å². The lowest BCUT2D eigenvalue weighted by Gasteiger charge is -2.37. The number of imidazole rings is 1. The third kappa shape index (κ3) is 10.6. The fourth-order valence-corrected chi connectivity index (χ4v) is 8.90. The van der Waals surface area contributed by atoms with Gasteiger partial charge in [0, 0.05) is 12.4 Å². The van der Waals surface area contributed by atoms with Crippen LogP contribution in [0.15, 0.2) is 158 Å². The highest BCUT2D eigenvalue weighted by Crippen LogP contribution is 2.35. The molecule has 0 saturated heterocycles. The predicted octanol–water partition coefficient (Wildman–Crippen LogP) is 8.67. The van der Waals surface area contributed by atoms with E-state index in [1.54, 1.807) is 0 Å². The van der Waals surface area contributed by atoms with E-state index in [0.29, 0.717) is 5.82 Å². The first-order valence-electron chi connectivity index (χ1n) is 18.7. The SMILES string of the molecule is BC(c1ccccc1)c1ccccc1.CCCCCOc1ccc(C([SiH2]c2ccccc2)(c2ccc(OCCCCC)cc2)n2ccnc2)cc1. The van der Waals surface area contributed by atoms with E-state index < -0.39 is 9.52 Å². The molecule has 0 bridgehead atoms. The van der Waals surface area contributed by atoms with Gasteiger partial charge in [-0.25, -0.2) is 4.98 Å². The van der Waals surface area contributed by atoms with Crippen molar-refractivity contribution in [1.82, 2.24) is 9.55 Å². The maximum Gasteiger partial charge on any atom is 0.119 e. The molecule has 0 N–H and O–H groups in total. The summed E-state index contributed by atoms with van der Waals surface area (Å²) < 4.78 is 14.4. The van der Waals surface area contributed by atoms with Crippen molar-refractivity contribution >= 4 is 22.6 Å². The van der Waals surface area contributed by atoms with Crippen LogP contribution in [0.25, 0.3) is 0 Å². The zero-order chi connectivity index (χ0) is 35.6. The van der Waals surface area contributed by atoms with Gasteiger partial charge in [0.15, 0.2) is 0 Å². The summed E-state index contributed by atoms with van der Waals surface area (Å²) in [7, 11) is 1.34. The lowest BCUT2D eigenvalue weighted by molar-refractivity contribution is 0.306. The van der Waals surface area contributed by atoms with Crippen LogP contribution in [0.3, 0.4) is 0 Å². The average Bonchev–Trinajstić information content (AvgIpc) is 3.75. The Hall–Kier alpha value is -4.81. The zero-order valence-corrected chi connectivity index (χ0v) is 32.1. The van der Waals surface area contributed by atoms with Gasteiger partial charge in [-0.1, -0.05) is 160 Å². The summed E-state index contributed by atoms with van der Waals surface area (Å²) in [6.45, 7) is 5.95. The van der Waals surface area contributed by atoms with Crippen LogP contribution in [0.1, 0.15) is 80.4 Å². The van der Waals surface area contributed by atoms with E-state index in [1.165, 1.54) is 53.1 Å². The van der Waals surface area contributed by atoms with Crippen molar-refractivity contribution in [3.05, 3.63) is 181 Å². The van der Waals surface area contributed by atoms with Crippen LogP contribution < -0.4 is 14.7 Å². The van der Waals surface area contributed by atoms with E-state index in [1.807, 2.05) is 12.5 Å². The van der Waals surface area contributed by atoms with Crippen LogP contribution >= 0.6 is 0 Å². The van der Waals surface area contributed by atoms with Gasteiger partial charge in [-0.3, -0.25) is 0 Å². The van der Waals surface area contributed by atoms with Crippen molar-refractivity contribution < 1.29 is 9.47 Å². The lowest BCUT2D eigenvalue weighted by Crippen LogP contribution is -2.46. The molecule has 0 spiro atoms. The Balaban J connectivity index is 0.000000299. The predicted molar refractivity (Wildman–Crippen MR) is 219 cm³/mol. The molecule has 0 saturated carbocycles. The molecule has 0 fully saturated rings. The summed E-state index contributed by atoms with van der Waals surface area (Å²) in [5.41, 5.74) is 5.24. The van der Waals surface area contributed by atoms with Gasteiger partial charge in [-0.05, 0) is 65.2 Å². The molecule has 0 unspecified atom stereocenters. The fraction of sp³-hybridized carbons (Fsp3) is 0.267. The second-order valence-electron chi connectivity index (χ2n) is 13.2. The van der Waals surface area contributed by atoms with Crippen molar-refractivity contribution in [2.75, 3.05) is 13.2 Å². The van der Waals surface area contributed by atoms with Crippen LogP contribution in [0.2, 0.25) is 0 Å². The Kier molecular flexibility index (Phi) is 14.8. The largest absolute Gasteiger partial charge is 0.494 e. The van der Waals surface area contributed by atoms with Crippen molar-refractivity contribution in [2.24, 2.45) is 0 Å². The van der Waals surface area contributed by atoms with Crippen molar-refractivity contribution in [3.63, 3.8) is 0 Å². The first kappa shape index (κ1) is 37.4. The smallest absolute Gasteiger partial charge is 0.119 e. The van der Waals surface area contributed by atoms with E-state index in [4.69, 9.17) is 9.47 Å². The van der Waals surface area contributed by atoms with E-state index in [9.17, 15) is 0 Å². The summed E-state index contributed by atoms with van der Waals surface area (Å²) in [6.07, 6.45) is 12.9. The van der Waals surface area contributed by atoms with Gasteiger partial charge < -0.3 is 14.0 Å². The Labute approximate surface area is 309 Å².